The van der Waals surface area contributed by atoms with Gasteiger partial charge in [-0.25, -0.2) is 4.21 Å². The van der Waals surface area contributed by atoms with Crippen LogP contribution in [0.25, 0.3) is 22.2 Å². The van der Waals surface area contributed by atoms with Crippen molar-refractivity contribution in [2.24, 2.45) is 0 Å². The number of nitrogens with one attached hydrogen (secondary N) is 1. The van der Waals surface area contributed by atoms with E-state index in [0.29, 0.717) is 40.1 Å². The molecule has 0 saturated carbocycles. The van der Waals surface area contributed by atoms with Gasteiger partial charge in [-0.1, -0.05) is 19.1 Å². The van der Waals surface area contributed by atoms with Crippen molar-refractivity contribution >= 4 is 27.6 Å². The summed E-state index contributed by atoms with van der Waals surface area (Å²) in [5.74, 6) is 0.542. The summed E-state index contributed by atoms with van der Waals surface area (Å²) in [5.41, 5.74) is 3.35. The Morgan fingerprint density at radius 2 is 1.93 bits per heavy atom. The number of ether oxygens (including phenoxy) is 1. The molecule has 1 unspecified atom stereocenters. The minimum Gasteiger partial charge on any atom is -0.435 e. The van der Waals surface area contributed by atoms with Crippen LogP contribution in [-0.4, -0.2) is 21.1 Å². The number of fused-ring (bicyclic) bond motifs is 1. The fraction of sp³-hybridized carbons (Fsp3) is 0.250. The van der Waals surface area contributed by atoms with Crippen LogP contribution in [0, 0.1) is 11.3 Å². The molecule has 0 saturated heterocycles. The van der Waals surface area contributed by atoms with E-state index in [1.165, 1.54) is 12.1 Å². The molecule has 0 radical (unpaired) electrons. The minimum atomic E-state index is -2.91. The number of halogens is 2. The Hall–Kier alpha value is -2.92. The predicted molar refractivity (Wildman–Crippen MR) is 107 cm³/mol. The summed E-state index contributed by atoms with van der Waals surface area (Å²) in [6, 6.07) is 14.1. The van der Waals surface area contributed by atoms with E-state index < -0.39 is 17.6 Å². The van der Waals surface area contributed by atoms with E-state index in [4.69, 9.17) is 0 Å². The zero-order valence-electron chi connectivity index (χ0n) is 15.4. The lowest BCUT2D eigenvalue weighted by atomic mass is 10.1. The SMILES string of the molecule is CCn1c(-c2ccc(NS(=O)CC)cc2)c(C#N)c2ccc(OC(F)F)cc21. The molecule has 1 atom stereocenters. The van der Waals surface area contributed by atoms with Gasteiger partial charge in [-0.2, -0.15) is 14.0 Å². The second-order valence-corrected chi connectivity index (χ2v) is 7.42. The van der Waals surface area contributed by atoms with Crippen LogP contribution in [0.1, 0.15) is 19.4 Å². The lowest BCUT2D eigenvalue weighted by Crippen LogP contribution is -2.05. The van der Waals surface area contributed by atoms with E-state index in [1.54, 1.807) is 18.2 Å². The number of hydrogen-bond acceptors (Lipinski definition) is 3. The van der Waals surface area contributed by atoms with Crippen molar-refractivity contribution in [2.75, 3.05) is 10.5 Å². The van der Waals surface area contributed by atoms with Gasteiger partial charge in [-0.15, -0.1) is 0 Å². The van der Waals surface area contributed by atoms with Crippen molar-refractivity contribution in [3.05, 3.63) is 48.0 Å². The molecule has 1 N–H and O–H groups in total. The molecule has 8 heteroatoms. The van der Waals surface area contributed by atoms with Gasteiger partial charge in [0.1, 0.15) is 22.8 Å². The van der Waals surface area contributed by atoms with Crippen LogP contribution < -0.4 is 9.46 Å². The fourth-order valence-electron chi connectivity index (χ4n) is 3.15. The maximum Gasteiger partial charge on any atom is 0.387 e. The number of rotatable bonds is 7. The van der Waals surface area contributed by atoms with E-state index in [0.717, 1.165) is 5.56 Å². The monoisotopic (exact) mass is 403 g/mol. The summed E-state index contributed by atoms with van der Waals surface area (Å²) < 4.78 is 46.1. The lowest BCUT2D eigenvalue weighted by molar-refractivity contribution is -0.0497. The highest BCUT2D eigenvalue weighted by Crippen LogP contribution is 2.36. The third kappa shape index (κ3) is 3.85. The average molecular weight is 403 g/mol. The van der Waals surface area contributed by atoms with E-state index >= 15 is 0 Å². The summed E-state index contributed by atoms with van der Waals surface area (Å²) in [7, 11) is -1.14. The molecule has 28 heavy (non-hydrogen) atoms. The molecule has 0 bridgehead atoms. The summed E-state index contributed by atoms with van der Waals surface area (Å²) in [5, 5.41) is 10.4. The van der Waals surface area contributed by atoms with Crippen LogP contribution in [0.3, 0.4) is 0 Å². The summed E-state index contributed by atoms with van der Waals surface area (Å²) in [6.45, 7) is 1.38. The van der Waals surface area contributed by atoms with Crippen molar-refractivity contribution < 1.29 is 17.7 Å². The van der Waals surface area contributed by atoms with Crippen molar-refractivity contribution in [1.82, 2.24) is 4.57 Å². The van der Waals surface area contributed by atoms with Gasteiger partial charge in [0.05, 0.1) is 16.8 Å². The number of aromatic nitrogens is 1. The highest BCUT2D eigenvalue weighted by molar-refractivity contribution is 7.86. The molecule has 3 rings (SSSR count). The fourth-order valence-corrected chi connectivity index (χ4v) is 3.69. The van der Waals surface area contributed by atoms with Crippen molar-refractivity contribution in [3.63, 3.8) is 0 Å². The number of benzene rings is 2. The van der Waals surface area contributed by atoms with Gasteiger partial charge in [0.25, 0.3) is 0 Å². The first-order valence-corrected chi connectivity index (χ1v) is 10.1. The number of nitrogens with zero attached hydrogens (tertiary/aromatic N) is 2. The molecular formula is C20H19F2N3O2S. The molecule has 0 fully saturated rings. The second-order valence-electron chi connectivity index (χ2n) is 5.95. The smallest absolute Gasteiger partial charge is 0.387 e. The van der Waals surface area contributed by atoms with Gasteiger partial charge >= 0.3 is 6.61 Å². The number of alkyl halides is 2. The lowest BCUT2D eigenvalue weighted by Gasteiger charge is -2.11. The Kier molecular flexibility index (Phi) is 5.95. The first-order valence-electron chi connectivity index (χ1n) is 8.75. The molecule has 1 aromatic heterocycles. The van der Waals surface area contributed by atoms with Crippen LogP contribution in [0.4, 0.5) is 14.5 Å². The topological polar surface area (TPSA) is 67.0 Å². The number of anilines is 1. The molecule has 5 nitrogen and oxygen atoms in total. The molecular weight excluding hydrogens is 384 g/mol. The number of hydrogen-bond donors (Lipinski definition) is 1. The van der Waals surface area contributed by atoms with Gasteiger partial charge in [0, 0.05) is 29.4 Å². The molecule has 0 aliphatic rings. The Bertz CT molecular complexity index is 1060. The van der Waals surface area contributed by atoms with Gasteiger partial charge < -0.3 is 14.0 Å². The van der Waals surface area contributed by atoms with Crippen LogP contribution >= 0.6 is 0 Å². The first kappa shape index (κ1) is 19.8. The standard InChI is InChI=1S/C20H19F2N3O2S/c1-3-25-18-11-15(27-20(21)22)9-10-16(18)17(12-23)19(25)13-5-7-14(8-6-13)24-28(26)4-2/h5-11,20,24H,3-4H2,1-2H3. The predicted octanol–water partition coefficient (Wildman–Crippen LogP) is 4.90. The highest BCUT2D eigenvalue weighted by atomic mass is 32.2. The summed E-state index contributed by atoms with van der Waals surface area (Å²) >= 11 is 0. The van der Waals surface area contributed by atoms with E-state index in [9.17, 15) is 18.3 Å². The number of nitriles is 1. The third-order valence-electron chi connectivity index (χ3n) is 4.34. The van der Waals surface area contributed by atoms with Crippen LogP contribution in [0.2, 0.25) is 0 Å². The minimum absolute atomic E-state index is 0.0485. The molecule has 0 spiro atoms. The maximum absolute atomic E-state index is 12.6. The molecule has 0 amide bonds. The Labute approximate surface area is 164 Å². The molecule has 146 valence electrons. The Morgan fingerprint density at radius 3 is 2.50 bits per heavy atom. The van der Waals surface area contributed by atoms with Gasteiger partial charge in [-0.05, 0) is 36.8 Å². The van der Waals surface area contributed by atoms with Crippen LogP contribution in [0.15, 0.2) is 42.5 Å². The second kappa shape index (κ2) is 8.40. The zero-order chi connectivity index (χ0) is 20.3. The third-order valence-corrected chi connectivity index (χ3v) is 5.33. The highest BCUT2D eigenvalue weighted by Gasteiger charge is 2.19. The zero-order valence-corrected chi connectivity index (χ0v) is 16.2. The van der Waals surface area contributed by atoms with Crippen molar-refractivity contribution in [1.29, 1.82) is 5.26 Å². The molecule has 2 aromatic carbocycles. The molecule has 3 aromatic rings. The average Bonchev–Trinajstić information content (AvgIpc) is 3.00. The normalized spacial score (nSPS) is 12.1. The van der Waals surface area contributed by atoms with Gasteiger partial charge in [0.15, 0.2) is 0 Å². The van der Waals surface area contributed by atoms with Crippen molar-refractivity contribution in [3.8, 4) is 23.1 Å². The van der Waals surface area contributed by atoms with Crippen molar-refractivity contribution in [2.45, 2.75) is 27.0 Å². The first-order chi connectivity index (χ1) is 13.5. The van der Waals surface area contributed by atoms with Crippen LogP contribution in [0.5, 0.6) is 5.75 Å². The summed E-state index contributed by atoms with van der Waals surface area (Å²) in [6.07, 6.45) is 0. The largest absolute Gasteiger partial charge is 0.435 e. The quantitative estimate of drug-likeness (QED) is 0.610. The Morgan fingerprint density at radius 1 is 1.21 bits per heavy atom. The molecule has 0 aliphatic carbocycles. The number of aryl methyl sites for hydroxylation is 1. The van der Waals surface area contributed by atoms with E-state index in [-0.39, 0.29) is 5.75 Å². The summed E-state index contributed by atoms with van der Waals surface area (Å²) in [4.78, 5) is 0. The Balaban J connectivity index is 2.12. The maximum atomic E-state index is 12.6. The van der Waals surface area contributed by atoms with Gasteiger partial charge in [-0.3, -0.25) is 0 Å². The molecule has 1 heterocycles. The van der Waals surface area contributed by atoms with E-state index in [2.05, 4.69) is 15.5 Å². The molecule has 0 aliphatic heterocycles. The van der Waals surface area contributed by atoms with E-state index in [1.807, 2.05) is 30.5 Å². The van der Waals surface area contributed by atoms with Gasteiger partial charge in [0.2, 0.25) is 0 Å². The van der Waals surface area contributed by atoms with Crippen LogP contribution in [-0.2, 0) is 17.5 Å².